The van der Waals surface area contributed by atoms with Gasteiger partial charge >= 0.3 is 0 Å². The lowest BCUT2D eigenvalue weighted by Gasteiger charge is -2.41. The molecule has 0 amide bonds. The fraction of sp³-hybridized carbons (Fsp3) is 0.562. The highest BCUT2D eigenvalue weighted by atomic mass is 33.1. The second kappa shape index (κ2) is 10.5. The number of methoxy groups -OCH3 is 1. The highest BCUT2D eigenvalue weighted by Gasteiger charge is 2.45. The molecule has 0 aliphatic carbocycles. The van der Waals surface area contributed by atoms with Crippen molar-refractivity contribution in [1.29, 1.82) is 0 Å². The first-order valence-electron chi connectivity index (χ1n) is 7.74. The Morgan fingerprint density at radius 1 is 1.40 bits per heavy atom. The van der Waals surface area contributed by atoms with Gasteiger partial charge in [0.2, 0.25) is 0 Å². The molecule has 0 saturated carbocycles. The first-order valence-corrected chi connectivity index (χ1v) is 9.95. The molecule has 1 fully saturated rings. The molecule has 1 aromatic rings. The minimum atomic E-state index is -1.17. The Bertz CT molecular complexity index is 507. The van der Waals surface area contributed by atoms with E-state index in [1.807, 2.05) is 18.2 Å². The number of nitrogens with zero attached hydrogens (tertiary/aromatic N) is 1. The fourth-order valence-electron chi connectivity index (χ4n) is 2.29. The van der Waals surface area contributed by atoms with Gasteiger partial charge in [0.05, 0.1) is 18.5 Å². The van der Waals surface area contributed by atoms with Gasteiger partial charge in [-0.1, -0.05) is 22.9 Å². The Labute approximate surface area is 154 Å². The number of aromatic nitrogens is 1. The van der Waals surface area contributed by atoms with Crippen molar-refractivity contribution in [2.24, 2.45) is 0 Å². The highest BCUT2D eigenvalue weighted by molar-refractivity contribution is 8.77. The number of hydrogen-bond acceptors (Lipinski definition) is 9. The van der Waals surface area contributed by atoms with E-state index in [0.717, 1.165) is 5.03 Å². The molecule has 2 rings (SSSR count). The van der Waals surface area contributed by atoms with Crippen LogP contribution in [0.1, 0.15) is 0 Å². The van der Waals surface area contributed by atoms with Gasteiger partial charge in [-0.2, -0.15) is 0 Å². The van der Waals surface area contributed by atoms with Crippen LogP contribution in [0.5, 0.6) is 0 Å². The van der Waals surface area contributed by atoms with Crippen molar-refractivity contribution in [3.05, 3.63) is 37.1 Å². The van der Waals surface area contributed by atoms with Gasteiger partial charge in [-0.05, 0) is 22.9 Å². The number of aliphatic hydroxyl groups excluding tert-OH is 3. The molecular weight excluding hydrogens is 366 g/mol. The summed E-state index contributed by atoms with van der Waals surface area (Å²) in [6.07, 6.45) is -1.65. The van der Waals surface area contributed by atoms with E-state index in [1.54, 1.807) is 12.3 Å². The molecule has 1 aromatic heterocycles. The minimum absolute atomic E-state index is 0.0807. The van der Waals surface area contributed by atoms with Crippen molar-refractivity contribution < 1.29 is 29.5 Å². The van der Waals surface area contributed by atoms with E-state index >= 15 is 0 Å². The normalized spacial score (nSPS) is 30.8. The number of pyridine rings is 1. The summed E-state index contributed by atoms with van der Waals surface area (Å²) in [6, 6.07) is 5.66. The molecule has 0 bridgehead atoms. The summed E-state index contributed by atoms with van der Waals surface area (Å²) in [7, 11) is 4.38. The molecule has 0 spiro atoms. The van der Waals surface area contributed by atoms with Gasteiger partial charge in [0.25, 0.3) is 0 Å². The summed E-state index contributed by atoms with van der Waals surface area (Å²) in [6.45, 7) is 3.61. The zero-order valence-electron chi connectivity index (χ0n) is 13.8. The van der Waals surface area contributed by atoms with Gasteiger partial charge in [0.1, 0.15) is 29.4 Å². The van der Waals surface area contributed by atoms with E-state index in [2.05, 4.69) is 11.6 Å². The van der Waals surface area contributed by atoms with E-state index in [9.17, 15) is 15.3 Å². The van der Waals surface area contributed by atoms with E-state index in [4.69, 9.17) is 14.2 Å². The Kier molecular flexibility index (Phi) is 8.67. The van der Waals surface area contributed by atoms with Crippen molar-refractivity contribution in [3.63, 3.8) is 0 Å². The first-order chi connectivity index (χ1) is 12.1. The first kappa shape index (κ1) is 20.7. The van der Waals surface area contributed by atoms with Gasteiger partial charge in [0.15, 0.2) is 6.29 Å². The third-order valence-corrected chi connectivity index (χ3v) is 6.29. The van der Waals surface area contributed by atoms with Crippen LogP contribution in [0.3, 0.4) is 0 Å². The predicted octanol–water partition coefficient (Wildman–Crippen LogP) is 0.847. The van der Waals surface area contributed by atoms with Crippen molar-refractivity contribution in [2.45, 2.75) is 41.0 Å². The number of aliphatic hydroxyl groups is 3. The number of rotatable bonds is 9. The van der Waals surface area contributed by atoms with Crippen LogP contribution < -0.4 is 0 Å². The zero-order chi connectivity index (χ0) is 18.2. The molecule has 1 unspecified atom stereocenters. The largest absolute Gasteiger partial charge is 0.394 e. The molecular formula is C16H23NO6S2. The van der Waals surface area contributed by atoms with Crippen LogP contribution in [-0.2, 0) is 14.2 Å². The third-order valence-electron chi connectivity index (χ3n) is 3.66. The minimum Gasteiger partial charge on any atom is -0.394 e. The summed E-state index contributed by atoms with van der Waals surface area (Å²) in [5.74, 6) is 0. The maximum absolute atomic E-state index is 10.2. The van der Waals surface area contributed by atoms with E-state index in [1.165, 1.54) is 28.7 Å². The van der Waals surface area contributed by atoms with Crippen LogP contribution in [0.15, 0.2) is 42.1 Å². The quantitative estimate of drug-likeness (QED) is 0.419. The van der Waals surface area contributed by atoms with Crippen LogP contribution >= 0.6 is 21.6 Å². The van der Waals surface area contributed by atoms with E-state index < -0.39 is 37.3 Å². The Balaban J connectivity index is 1.90. The monoisotopic (exact) mass is 389 g/mol. The maximum Gasteiger partial charge on any atom is 0.186 e. The van der Waals surface area contributed by atoms with E-state index in [-0.39, 0.29) is 11.9 Å². The fourth-order valence-corrected chi connectivity index (χ4v) is 4.33. The zero-order valence-corrected chi connectivity index (χ0v) is 15.4. The molecule has 1 aliphatic heterocycles. The van der Waals surface area contributed by atoms with Gasteiger partial charge in [0, 0.05) is 13.3 Å². The smallest absolute Gasteiger partial charge is 0.186 e. The summed E-state index contributed by atoms with van der Waals surface area (Å²) >= 11 is 0. The van der Waals surface area contributed by atoms with E-state index in [0.29, 0.717) is 0 Å². The van der Waals surface area contributed by atoms with Crippen LogP contribution in [0.4, 0.5) is 0 Å². The lowest BCUT2D eigenvalue weighted by molar-refractivity contribution is -0.301. The topological polar surface area (TPSA) is 101 Å². The standard InChI is InChI=1S/C16H23NO6S2/c1-3-10(24-25-12-6-4-5-7-17-12)9-22-15-13(19)11(8-18)23-16(21-2)14(15)20/h3-7,10-11,13-16,18-20H,1,8-9H2,2H3/t10?,11-,13-,14-,15+,16-/m1/s1. The Morgan fingerprint density at radius 2 is 2.20 bits per heavy atom. The van der Waals surface area contributed by atoms with Crippen molar-refractivity contribution in [2.75, 3.05) is 20.3 Å². The maximum atomic E-state index is 10.2. The Morgan fingerprint density at radius 3 is 2.80 bits per heavy atom. The average Bonchev–Trinajstić information content (AvgIpc) is 2.65. The third kappa shape index (κ3) is 5.66. The molecule has 6 atom stereocenters. The van der Waals surface area contributed by atoms with Gasteiger partial charge in [-0.15, -0.1) is 6.58 Å². The van der Waals surface area contributed by atoms with Crippen LogP contribution in [0.25, 0.3) is 0 Å². The molecule has 1 aliphatic rings. The number of hydrogen-bond donors (Lipinski definition) is 3. The predicted molar refractivity (Wildman–Crippen MR) is 96.2 cm³/mol. The lowest BCUT2D eigenvalue weighted by atomic mass is 9.99. The van der Waals surface area contributed by atoms with Gasteiger partial charge in [-0.25, -0.2) is 4.98 Å². The van der Waals surface area contributed by atoms with Crippen molar-refractivity contribution in [1.82, 2.24) is 4.98 Å². The van der Waals surface area contributed by atoms with Gasteiger partial charge < -0.3 is 29.5 Å². The number of ether oxygens (including phenoxy) is 3. The molecule has 0 aromatic carbocycles. The Hall–Kier alpha value is -0.650. The van der Waals surface area contributed by atoms with Gasteiger partial charge in [-0.3, -0.25) is 0 Å². The summed E-state index contributed by atoms with van der Waals surface area (Å²) < 4.78 is 16.0. The summed E-state index contributed by atoms with van der Waals surface area (Å²) in [4.78, 5) is 4.23. The van der Waals surface area contributed by atoms with Crippen molar-refractivity contribution in [3.8, 4) is 0 Å². The van der Waals surface area contributed by atoms with Crippen LogP contribution in [0.2, 0.25) is 0 Å². The molecule has 25 heavy (non-hydrogen) atoms. The summed E-state index contributed by atoms with van der Waals surface area (Å²) in [5, 5.41) is 30.6. The summed E-state index contributed by atoms with van der Waals surface area (Å²) in [5.41, 5.74) is 0. The molecule has 0 radical (unpaired) electrons. The van der Waals surface area contributed by atoms with Crippen molar-refractivity contribution >= 4 is 21.6 Å². The molecule has 140 valence electrons. The molecule has 9 heteroatoms. The SMILES string of the molecule is C=CC(CO[C@@H]1[C@@H](O)[C@H](OC)O[C@H](CO)[C@H]1O)SSc1ccccn1. The second-order valence-corrected chi connectivity index (χ2v) is 7.82. The van der Waals surface area contributed by atoms with Crippen LogP contribution in [0, 0.1) is 0 Å². The van der Waals surface area contributed by atoms with Crippen LogP contribution in [-0.4, -0.2) is 76.6 Å². The molecule has 1 saturated heterocycles. The molecule has 7 nitrogen and oxygen atoms in total. The lowest BCUT2D eigenvalue weighted by Crippen LogP contribution is -2.60. The molecule has 3 N–H and O–H groups in total. The molecule has 2 heterocycles. The second-order valence-electron chi connectivity index (χ2n) is 5.36. The highest BCUT2D eigenvalue weighted by Crippen LogP contribution is 2.34. The average molecular weight is 389 g/mol.